The SMILES string of the molecule is COCCNCc1c(F)cccc1N1CCCOCC1. The number of methoxy groups -OCH3 is 1. The first kappa shape index (κ1) is 15.2. The van der Waals surface area contributed by atoms with Crippen LogP contribution in [0.2, 0.25) is 0 Å². The first-order valence-corrected chi connectivity index (χ1v) is 7.12. The first-order chi connectivity index (χ1) is 9.83. The van der Waals surface area contributed by atoms with E-state index in [1.165, 1.54) is 6.07 Å². The van der Waals surface area contributed by atoms with E-state index >= 15 is 0 Å². The van der Waals surface area contributed by atoms with Gasteiger partial charge in [-0.15, -0.1) is 0 Å². The second-order valence-electron chi connectivity index (χ2n) is 4.86. The molecule has 0 amide bonds. The minimum absolute atomic E-state index is 0.155. The predicted octanol–water partition coefficient (Wildman–Crippen LogP) is 1.79. The highest BCUT2D eigenvalue weighted by Crippen LogP contribution is 2.24. The smallest absolute Gasteiger partial charge is 0.129 e. The van der Waals surface area contributed by atoms with Crippen molar-refractivity contribution in [3.8, 4) is 0 Å². The summed E-state index contributed by atoms with van der Waals surface area (Å²) in [6.45, 7) is 5.07. The zero-order chi connectivity index (χ0) is 14.2. The van der Waals surface area contributed by atoms with Gasteiger partial charge in [0.1, 0.15) is 5.82 Å². The number of halogens is 1. The van der Waals surface area contributed by atoms with Crippen molar-refractivity contribution in [3.63, 3.8) is 0 Å². The van der Waals surface area contributed by atoms with E-state index in [0.717, 1.165) is 37.4 Å². The van der Waals surface area contributed by atoms with E-state index in [4.69, 9.17) is 9.47 Å². The Labute approximate surface area is 119 Å². The molecule has 1 heterocycles. The Morgan fingerprint density at radius 1 is 1.35 bits per heavy atom. The lowest BCUT2D eigenvalue weighted by atomic mass is 10.1. The maximum atomic E-state index is 14.1. The number of hydrogen-bond acceptors (Lipinski definition) is 4. The Morgan fingerprint density at radius 2 is 2.25 bits per heavy atom. The summed E-state index contributed by atoms with van der Waals surface area (Å²) >= 11 is 0. The molecule has 0 bridgehead atoms. The monoisotopic (exact) mass is 282 g/mol. The fourth-order valence-corrected chi connectivity index (χ4v) is 2.39. The van der Waals surface area contributed by atoms with Crippen LogP contribution in [0.25, 0.3) is 0 Å². The molecule has 0 saturated carbocycles. The third kappa shape index (κ3) is 4.16. The highest BCUT2D eigenvalue weighted by atomic mass is 19.1. The van der Waals surface area contributed by atoms with Gasteiger partial charge in [-0.1, -0.05) is 6.07 Å². The van der Waals surface area contributed by atoms with E-state index in [2.05, 4.69) is 10.2 Å². The number of nitrogens with one attached hydrogen (secondary N) is 1. The number of benzene rings is 1. The molecule has 0 aliphatic carbocycles. The summed E-state index contributed by atoms with van der Waals surface area (Å²) in [4.78, 5) is 2.21. The molecule has 0 radical (unpaired) electrons. The Bertz CT molecular complexity index is 407. The van der Waals surface area contributed by atoms with Crippen LogP contribution in [-0.2, 0) is 16.0 Å². The maximum absolute atomic E-state index is 14.1. The molecule has 1 N–H and O–H groups in total. The molecule has 20 heavy (non-hydrogen) atoms. The lowest BCUT2D eigenvalue weighted by Crippen LogP contribution is -2.29. The third-order valence-corrected chi connectivity index (χ3v) is 3.44. The average molecular weight is 282 g/mol. The Balaban J connectivity index is 2.08. The Hall–Kier alpha value is -1.17. The topological polar surface area (TPSA) is 33.7 Å². The summed E-state index contributed by atoms with van der Waals surface area (Å²) in [6.07, 6.45) is 0.979. The molecule has 1 saturated heterocycles. The van der Waals surface area contributed by atoms with Gasteiger partial charge in [0.05, 0.1) is 13.2 Å². The standard InChI is InChI=1S/C15H23FN2O2/c1-19-10-6-17-12-13-14(16)4-2-5-15(13)18-7-3-9-20-11-8-18/h2,4-5,17H,3,6-12H2,1H3. The van der Waals surface area contributed by atoms with Gasteiger partial charge in [0.15, 0.2) is 0 Å². The molecular formula is C15H23FN2O2. The predicted molar refractivity (Wildman–Crippen MR) is 77.6 cm³/mol. The van der Waals surface area contributed by atoms with Crippen LogP contribution < -0.4 is 10.2 Å². The highest BCUT2D eigenvalue weighted by Gasteiger charge is 2.16. The van der Waals surface area contributed by atoms with Gasteiger partial charge in [0.2, 0.25) is 0 Å². The van der Waals surface area contributed by atoms with Crippen molar-refractivity contribution >= 4 is 5.69 Å². The molecule has 4 nitrogen and oxygen atoms in total. The fraction of sp³-hybridized carbons (Fsp3) is 0.600. The fourth-order valence-electron chi connectivity index (χ4n) is 2.39. The number of nitrogens with zero attached hydrogens (tertiary/aromatic N) is 1. The Kier molecular flexibility index (Phi) is 6.24. The maximum Gasteiger partial charge on any atom is 0.129 e. The molecule has 1 fully saturated rings. The molecule has 5 heteroatoms. The molecule has 0 spiro atoms. The first-order valence-electron chi connectivity index (χ1n) is 7.12. The molecule has 112 valence electrons. The lowest BCUT2D eigenvalue weighted by Gasteiger charge is -2.25. The quantitative estimate of drug-likeness (QED) is 0.807. The van der Waals surface area contributed by atoms with Crippen molar-refractivity contribution in [1.82, 2.24) is 5.32 Å². The lowest BCUT2D eigenvalue weighted by molar-refractivity contribution is 0.152. The summed E-state index contributed by atoms with van der Waals surface area (Å²) < 4.78 is 24.5. The van der Waals surface area contributed by atoms with Crippen molar-refractivity contribution in [3.05, 3.63) is 29.6 Å². The molecule has 1 aromatic rings. The minimum atomic E-state index is -0.155. The number of ether oxygens (including phenoxy) is 2. The van der Waals surface area contributed by atoms with Crippen LogP contribution in [0.1, 0.15) is 12.0 Å². The summed E-state index contributed by atoms with van der Waals surface area (Å²) in [6, 6.07) is 5.28. The van der Waals surface area contributed by atoms with E-state index in [-0.39, 0.29) is 5.82 Å². The van der Waals surface area contributed by atoms with Crippen molar-refractivity contribution < 1.29 is 13.9 Å². The summed E-state index contributed by atoms with van der Waals surface area (Å²) in [7, 11) is 1.66. The average Bonchev–Trinajstić information content (AvgIpc) is 2.74. The van der Waals surface area contributed by atoms with E-state index < -0.39 is 0 Å². The summed E-state index contributed by atoms with van der Waals surface area (Å²) in [5, 5.41) is 3.22. The van der Waals surface area contributed by atoms with E-state index in [0.29, 0.717) is 26.3 Å². The highest BCUT2D eigenvalue weighted by molar-refractivity contribution is 5.54. The summed E-state index contributed by atoms with van der Waals surface area (Å²) in [5.41, 5.74) is 1.70. The van der Waals surface area contributed by atoms with Gasteiger partial charge in [0, 0.05) is 51.1 Å². The van der Waals surface area contributed by atoms with Crippen LogP contribution in [0.5, 0.6) is 0 Å². The van der Waals surface area contributed by atoms with Gasteiger partial charge in [-0.25, -0.2) is 4.39 Å². The molecular weight excluding hydrogens is 259 g/mol. The zero-order valence-electron chi connectivity index (χ0n) is 12.0. The second kappa shape index (κ2) is 8.19. The van der Waals surface area contributed by atoms with Crippen LogP contribution >= 0.6 is 0 Å². The van der Waals surface area contributed by atoms with Crippen molar-refractivity contribution in [2.45, 2.75) is 13.0 Å². The summed E-state index contributed by atoms with van der Waals surface area (Å²) in [5.74, 6) is -0.155. The van der Waals surface area contributed by atoms with Crippen LogP contribution in [0.3, 0.4) is 0 Å². The van der Waals surface area contributed by atoms with Gasteiger partial charge in [0.25, 0.3) is 0 Å². The van der Waals surface area contributed by atoms with Gasteiger partial charge >= 0.3 is 0 Å². The van der Waals surface area contributed by atoms with E-state index in [9.17, 15) is 4.39 Å². The molecule has 1 aromatic carbocycles. The Morgan fingerprint density at radius 3 is 3.10 bits per heavy atom. The molecule has 0 aromatic heterocycles. The van der Waals surface area contributed by atoms with Crippen LogP contribution in [-0.4, -0.2) is 46.6 Å². The largest absolute Gasteiger partial charge is 0.383 e. The minimum Gasteiger partial charge on any atom is -0.383 e. The van der Waals surface area contributed by atoms with Crippen LogP contribution in [0.4, 0.5) is 10.1 Å². The van der Waals surface area contributed by atoms with Gasteiger partial charge in [-0.05, 0) is 18.6 Å². The van der Waals surface area contributed by atoms with Gasteiger partial charge < -0.3 is 19.7 Å². The molecule has 1 aliphatic rings. The van der Waals surface area contributed by atoms with Gasteiger partial charge in [-0.3, -0.25) is 0 Å². The molecule has 2 rings (SSSR count). The van der Waals surface area contributed by atoms with Crippen LogP contribution in [0.15, 0.2) is 18.2 Å². The molecule has 1 aliphatic heterocycles. The van der Waals surface area contributed by atoms with Crippen LogP contribution in [0, 0.1) is 5.82 Å². The number of anilines is 1. The zero-order valence-corrected chi connectivity index (χ0v) is 12.0. The third-order valence-electron chi connectivity index (χ3n) is 3.44. The van der Waals surface area contributed by atoms with Crippen molar-refractivity contribution in [1.29, 1.82) is 0 Å². The number of rotatable bonds is 6. The molecule has 0 atom stereocenters. The van der Waals surface area contributed by atoms with E-state index in [1.807, 2.05) is 6.07 Å². The molecule has 0 unspecified atom stereocenters. The second-order valence-corrected chi connectivity index (χ2v) is 4.86. The van der Waals surface area contributed by atoms with E-state index in [1.54, 1.807) is 13.2 Å². The van der Waals surface area contributed by atoms with Crippen molar-refractivity contribution in [2.75, 3.05) is 51.5 Å². The van der Waals surface area contributed by atoms with Gasteiger partial charge in [-0.2, -0.15) is 0 Å². The van der Waals surface area contributed by atoms with Crippen molar-refractivity contribution in [2.24, 2.45) is 0 Å². The number of hydrogen-bond donors (Lipinski definition) is 1. The normalized spacial score (nSPS) is 16.2.